The molecule has 0 amide bonds. The minimum absolute atomic E-state index is 1.01. The molecule has 0 bridgehead atoms. The first-order chi connectivity index (χ1) is 5.10. The van der Waals surface area contributed by atoms with Gasteiger partial charge in [-0.25, -0.2) is 8.51 Å². The van der Waals surface area contributed by atoms with E-state index in [1.807, 2.05) is 0 Å². The molecule has 0 aliphatic carbocycles. The average molecular weight is 272 g/mol. The Kier molecular flexibility index (Phi) is 4.52. The highest BCUT2D eigenvalue weighted by Gasteiger charge is 2.34. The van der Waals surface area contributed by atoms with E-state index in [0.29, 0.717) is 0 Å². The van der Waals surface area contributed by atoms with Crippen LogP contribution in [-0.4, -0.2) is 37.9 Å². The van der Waals surface area contributed by atoms with Gasteiger partial charge in [-0.15, -0.1) is 0 Å². The molecular weight excluding hydrogens is 263 g/mol. The van der Waals surface area contributed by atoms with Crippen molar-refractivity contribution in [3.63, 3.8) is 0 Å². The Balaban J connectivity index is 4.84. The maximum atomic E-state index is 11.6. The summed E-state index contributed by atoms with van der Waals surface area (Å²) in [6.45, 7) is 0. The van der Waals surface area contributed by atoms with Crippen LogP contribution in [0.5, 0.6) is 0 Å². The standard InChI is InChI=1S/C4H9Cl3N2OS2/c1-8(2)12(10,11)9(3)4(5,6)7/h1-3H3. The van der Waals surface area contributed by atoms with E-state index in [4.69, 9.17) is 46.0 Å². The maximum absolute atomic E-state index is 11.6. The number of hydrogen-bond acceptors (Lipinski definition) is 2. The summed E-state index contributed by atoms with van der Waals surface area (Å²) in [4.78, 5) is 0. The van der Waals surface area contributed by atoms with Crippen molar-refractivity contribution in [2.24, 2.45) is 0 Å². The summed E-state index contributed by atoms with van der Waals surface area (Å²) in [6.07, 6.45) is 0. The molecule has 0 aromatic carbocycles. The lowest BCUT2D eigenvalue weighted by Crippen LogP contribution is -2.43. The van der Waals surface area contributed by atoms with Crippen molar-refractivity contribution >= 4 is 54.9 Å². The minimum atomic E-state index is -2.83. The monoisotopic (exact) mass is 270 g/mol. The second-order valence-electron chi connectivity index (χ2n) is 2.23. The van der Waals surface area contributed by atoms with E-state index in [1.165, 1.54) is 11.4 Å². The number of halogens is 3. The molecule has 0 radical (unpaired) electrons. The second kappa shape index (κ2) is 4.13. The van der Waals surface area contributed by atoms with Gasteiger partial charge in [-0.2, -0.15) is 4.31 Å². The van der Waals surface area contributed by atoms with E-state index in [2.05, 4.69) is 0 Å². The van der Waals surface area contributed by atoms with Crippen LogP contribution in [0, 0.1) is 0 Å². The van der Waals surface area contributed by atoms with E-state index in [-0.39, 0.29) is 0 Å². The van der Waals surface area contributed by atoms with Crippen LogP contribution in [0.2, 0.25) is 0 Å². The second-order valence-corrected chi connectivity index (χ2v) is 7.92. The van der Waals surface area contributed by atoms with E-state index >= 15 is 0 Å². The van der Waals surface area contributed by atoms with Gasteiger partial charge in [-0.3, -0.25) is 0 Å². The first-order valence-electron chi connectivity index (χ1n) is 2.83. The lowest BCUT2D eigenvalue weighted by atomic mass is 11.2. The Morgan fingerprint density at radius 1 is 1.25 bits per heavy atom. The van der Waals surface area contributed by atoms with Crippen LogP contribution in [-0.2, 0) is 20.1 Å². The third-order valence-electron chi connectivity index (χ3n) is 1.16. The van der Waals surface area contributed by atoms with Gasteiger partial charge in [0.1, 0.15) is 0 Å². The fraction of sp³-hybridized carbons (Fsp3) is 1.00. The summed E-state index contributed by atoms with van der Waals surface area (Å²) in [5.74, 6) is 0. The predicted octanol–water partition coefficient (Wildman–Crippen LogP) is 1.38. The summed E-state index contributed by atoms with van der Waals surface area (Å²) in [6, 6.07) is 0. The number of hydrogen-bond donors (Lipinski definition) is 0. The van der Waals surface area contributed by atoms with E-state index in [1.54, 1.807) is 14.1 Å². The predicted molar refractivity (Wildman–Crippen MR) is 57.2 cm³/mol. The SMILES string of the molecule is CN(C)S(=O)(=S)N(C)C(Cl)(Cl)Cl. The minimum Gasteiger partial charge on any atom is -0.224 e. The first kappa shape index (κ1) is 13.2. The van der Waals surface area contributed by atoms with Crippen molar-refractivity contribution in [1.29, 1.82) is 0 Å². The molecule has 1 atom stereocenters. The number of rotatable bonds is 2. The fourth-order valence-electron chi connectivity index (χ4n) is 0.376. The molecule has 0 aromatic rings. The Hall–Kier alpha value is 1.16. The van der Waals surface area contributed by atoms with E-state index in [0.717, 1.165) is 4.31 Å². The van der Waals surface area contributed by atoms with Crippen LogP contribution in [0.15, 0.2) is 0 Å². The van der Waals surface area contributed by atoms with Crippen LogP contribution in [0.3, 0.4) is 0 Å². The molecule has 3 nitrogen and oxygen atoms in total. The van der Waals surface area contributed by atoms with Crippen LogP contribution in [0.4, 0.5) is 0 Å². The van der Waals surface area contributed by atoms with Crippen LogP contribution >= 0.6 is 34.8 Å². The van der Waals surface area contributed by atoms with Gasteiger partial charge in [0.2, 0.25) is 0 Å². The molecule has 0 spiro atoms. The van der Waals surface area contributed by atoms with Gasteiger partial charge in [0.25, 0.3) is 3.92 Å². The molecule has 0 saturated heterocycles. The first-order valence-corrected chi connectivity index (χ1v) is 6.36. The molecule has 0 saturated carbocycles. The van der Waals surface area contributed by atoms with Gasteiger partial charge in [0.15, 0.2) is 8.86 Å². The molecule has 0 heterocycles. The van der Waals surface area contributed by atoms with Crippen molar-refractivity contribution in [3.8, 4) is 0 Å². The zero-order chi connectivity index (χ0) is 10.2. The summed E-state index contributed by atoms with van der Waals surface area (Å²) in [5, 5.41) is 0. The van der Waals surface area contributed by atoms with Crippen molar-refractivity contribution in [2.75, 3.05) is 21.1 Å². The van der Waals surface area contributed by atoms with Crippen molar-refractivity contribution < 1.29 is 4.21 Å². The summed E-state index contributed by atoms with van der Waals surface area (Å²) in [7, 11) is 1.68. The topological polar surface area (TPSA) is 23.6 Å². The van der Waals surface area contributed by atoms with Gasteiger partial charge in [-0.1, -0.05) is 34.8 Å². The largest absolute Gasteiger partial charge is 0.259 e. The van der Waals surface area contributed by atoms with Gasteiger partial charge >= 0.3 is 0 Å². The molecule has 0 rings (SSSR count). The Morgan fingerprint density at radius 2 is 1.58 bits per heavy atom. The highest BCUT2D eigenvalue weighted by Crippen LogP contribution is 2.32. The zero-order valence-electron chi connectivity index (χ0n) is 6.75. The Labute approximate surface area is 92.5 Å². The molecule has 0 fully saturated rings. The van der Waals surface area contributed by atoms with Crippen LogP contribution in [0.25, 0.3) is 0 Å². The Bertz CT molecular complexity index is 246. The highest BCUT2D eigenvalue weighted by atomic mass is 35.6. The normalized spacial score (nSPS) is 18.3. The lowest BCUT2D eigenvalue weighted by Gasteiger charge is -2.29. The van der Waals surface area contributed by atoms with Gasteiger partial charge in [0.05, 0.1) is 0 Å². The van der Waals surface area contributed by atoms with Gasteiger partial charge < -0.3 is 0 Å². The molecule has 8 heteroatoms. The van der Waals surface area contributed by atoms with Crippen molar-refractivity contribution in [2.45, 2.75) is 3.92 Å². The van der Waals surface area contributed by atoms with Crippen molar-refractivity contribution in [3.05, 3.63) is 0 Å². The molecule has 74 valence electrons. The molecule has 0 N–H and O–H groups in total. The van der Waals surface area contributed by atoms with Crippen molar-refractivity contribution in [1.82, 2.24) is 8.61 Å². The molecule has 0 aromatic heterocycles. The lowest BCUT2D eigenvalue weighted by molar-refractivity contribution is 0.481. The third kappa shape index (κ3) is 3.14. The zero-order valence-corrected chi connectivity index (χ0v) is 10.7. The molecule has 0 aliphatic heterocycles. The number of alkyl halides is 3. The van der Waals surface area contributed by atoms with Crippen LogP contribution in [0.1, 0.15) is 0 Å². The Morgan fingerprint density at radius 3 is 1.67 bits per heavy atom. The molecule has 0 aliphatic rings. The third-order valence-corrected chi connectivity index (χ3v) is 5.68. The molecule has 1 unspecified atom stereocenters. The average Bonchev–Trinajstić information content (AvgIpc) is 1.83. The summed E-state index contributed by atoms with van der Waals surface area (Å²) in [5.41, 5.74) is 0. The van der Waals surface area contributed by atoms with Gasteiger partial charge in [-0.05, 0) is 0 Å². The van der Waals surface area contributed by atoms with Gasteiger partial charge in [0, 0.05) is 32.3 Å². The van der Waals surface area contributed by atoms with E-state index in [9.17, 15) is 4.21 Å². The molecular formula is C4H9Cl3N2OS2. The van der Waals surface area contributed by atoms with Crippen LogP contribution < -0.4 is 0 Å². The number of nitrogens with zero attached hydrogens (tertiary/aromatic N) is 2. The maximum Gasteiger partial charge on any atom is 0.259 e. The summed E-state index contributed by atoms with van der Waals surface area (Å²) >= 11 is 21.3. The smallest absolute Gasteiger partial charge is 0.224 e. The summed E-state index contributed by atoms with van der Waals surface area (Å²) < 4.78 is 12.2. The fourth-order valence-corrected chi connectivity index (χ4v) is 2.67. The highest BCUT2D eigenvalue weighted by molar-refractivity contribution is 8.30. The quantitative estimate of drug-likeness (QED) is 0.560. The van der Waals surface area contributed by atoms with E-state index < -0.39 is 12.8 Å². The molecule has 12 heavy (non-hydrogen) atoms.